The van der Waals surface area contributed by atoms with E-state index in [0.29, 0.717) is 6.61 Å². The molecule has 3 aromatic carbocycles. The largest absolute Gasteiger partial charge is 0.497 e. The number of ether oxygens (including phenoxy) is 2. The Balaban J connectivity index is 1.56. The molecule has 0 aliphatic rings. The Morgan fingerprint density at radius 2 is 1.69 bits per heavy atom. The van der Waals surface area contributed by atoms with Crippen LogP contribution < -0.4 is 9.47 Å². The van der Waals surface area contributed by atoms with E-state index in [-0.39, 0.29) is 0 Å². The minimum atomic E-state index is 0.597. The summed E-state index contributed by atoms with van der Waals surface area (Å²) in [5.41, 5.74) is 5.80. The quantitative estimate of drug-likeness (QED) is 0.431. The molecule has 4 rings (SSSR count). The number of para-hydroxylation sites is 2. The Morgan fingerprint density at radius 3 is 2.48 bits per heavy atom. The van der Waals surface area contributed by atoms with Gasteiger partial charge in [0.15, 0.2) is 0 Å². The van der Waals surface area contributed by atoms with Gasteiger partial charge in [-0.2, -0.15) is 0 Å². The second-order valence-electron chi connectivity index (χ2n) is 7.24. The first kappa shape index (κ1) is 19.1. The van der Waals surface area contributed by atoms with Gasteiger partial charge < -0.3 is 14.0 Å². The van der Waals surface area contributed by atoms with E-state index < -0.39 is 0 Å². The van der Waals surface area contributed by atoms with Gasteiger partial charge in [0.2, 0.25) is 0 Å². The summed E-state index contributed by atoms with van der Waals surface area (Å²) in [5, 5.41) is 0. The van der Waals surface area contributed by atoms with E-state index in [2.05, 4.69) is 54.8 Å². The zero-order valence-electron chi connectivity index (χ0n) is 17.2. The van der Waals surface area contributed by atoms with Crippen LogP contribution in [0, 0.1) is 13.8 Å². The van der Waals surface area contributed by atoms with Crippen molar-refractivity contribution in [3.8, 4) is 11.5 Å². The standard InChI is InChI=1S/C25H26N2O2/c1-18-7-6-10-24(19(18)2)29-16-15-27-23-9-5-4-8-22(23)26-25(27)17-20-11-13-21(28-3)14-12-20/h4-14H,15-17H2,1-3H3. The minimum absolute atomic E-state index is 0.597. The summed E-state index contributed by atoms with van der Waals surface area (Å²) in [6.07, 6.45) is 0.766. The van der Waals surface area contributed by atoms with E-state index in [4.69, 9.17) is 14.5 Å². The molecule has 0 aliphatic heterocycles. The van der Waals surface area contributed by atoms with Crippen molar-refractivity contribution in [1.29, 1.82) is 0 Å². The van der Waals surface area contributed by atoms with Crippen molar-refractivity contribution in [1.82, 2.24) is 9.55 Å². The minimum Gasteiger partial charge on any atom is -0.497 e. The average molecular weight is 386 g/mol. The second-order valence-corrected chi connectivity index (χ2v) is 7.24. The van der Waals surface area contributed by atoms with Crippen molar-refractivity contribution < 1.29 is 9.47 Å². The molecule has 0 unspecified atom stereocenters. The van der Waals surface area contributed by atoms with Gasteiger partial charge in [-0.3, -0.25) is 0 Å². The number of hydrogen-bond donors (Lipinski definition) is 0. The number of fused-ring (bicyclic) bond motifs is 1. The lowest BCUT2D eigenvalue weighted by atomic mass is 10.1. The van der Waals surface area contributed by atoms with Gasteiger partial charge in [0.05, 0.1) is 24.7 Å². The second kappa shape index (κ2) is 8.39. The van der Waals surface area contributed by atoms with Crippen molar-refractivity contribution in [2.24, 2.45) is 0 Å². The molecule has 0 aliphatic carbocycles. The lowest BCUT2D eigenvalue weighted by Crippen LogP contribution is -2.12. The number of benzene rings is 3. The molecule has 148 valence electrons. The predicted octanol–water partition coefficient (Wildman–Crippen LogP) is 5.33. The Bertz CT molecular complexity index is 1110. The van der Waals surface area contributed by atoms with Crippen LogP contribution in [-0.4, -0.2) is 23.3 Å². The van der Waals surface area contributed by atoms with Crippen LogP contribution in [-0.2, 0) is 13.0 Å². The van der Waals surface area contributed by atoms with Crippen LogP contribution in [0.1, 0.15) is 22.5 Å². The third-order valence-electron chi connectivity index (χ3n) is 5.38. The van der Waals surface area contributed by atoms with Crippen molar-refractivity contribution in [3.63, 3.8) is 0 Å². The highest BCUT2D eigenvalue weighted by Gasteiger charge is 2.12. The lowest BCUT2D eigenvalue weighted by Gasteiger charge is -2.13. The van der Waals surface area contributed by atoms with E-state index in [1.807, 2.05) is 30.3 Å². The van der Waals surface area contributed by atoms with Gasteiger partial charge >= 0.3 is 0 Å². The summed E-state index contributed by atoms with van der Waals surface area (Å²) in [6, 6.07) is 22.6. The molecule has 0 amide bonds. The van der Waals surface area contributed by atoms with Crippen LogP contribution in [0.2, 0.25) is 0 Å². The van der Waals surface area contributed by atoms with Gasteiger partial charge in [-0.25, -0.2) is 4.98 Å². The number of nitrogens with zero attached hydrogens (tertiary/aromatic N) is 2. The van der Waals surface area contributed by atoms with Gasteiger partial charge in [-0.1, -0.05) is 36.4 Å². The molecular formula is C25H26N2O2. The summed E-state index contributed by atoms with van der Waals surface area (Å²) < 4.78 is 13.6. The Labute approximate surface area is 171 Å². The molecule has 0 bridgehead atoms. The van der Waals surface area contributed by atoms with Gasteiger partial charge in [-0.05, 0) is 60.9 Å². The summed E-state index contributed by atoms with van der Waals surface area (Å²) in [7, 11) is 1.68. The molecule has 4 aromatic rings. The fraction of sp³-hybridized carbons (Fsp3) is 0.240. The van der Waals surface area contributed by atoms with Crippen LogP contribution in [0.15, 0.2) is 66.7 Å². The molecule has 0 saturated carbocycles. The lowest BCUT2D eigenvalue weighted by molar-refractivity contribution is 0.296. The van der Waals surface area contributed by atoms with Crippen molar-refractivity contribution >= 4 is 11.0 Å². The number of aromatic nitrogens is 2. The first-order chi connectivity index (χ1) is 14.2. The Hall–Kier alpha value is -3.27. The van der Waals surface area contributed by atoms with Crippen molar-refractivity contribution in [3.05, 3.63) is 89.2 Å². The number of imidazole rings is 1. The van der Waals surface area contributed by atoms with Gasteiger partial charge in [-0.15, -0.1) is 0 Å². The molecule has 4 nitrogen and oxygen atoms in total. The Morgan fingerprint density at radius 1 is 0.897 bits per heavy atom. The first-order valence-electron chi connectivity index (χ1n) is 9.92. The highest BCUT2D eigenvalue weighted by molar-refractivity contribution is 5.76. The summed E-state index contributed by atoms with van der Waals surface area (Å²) in [5.74, 6) is 2.86. The topological polar surface area (TPSA) is 36.3 Å². The fourth-order valence-corrected chi connectivity index (χ4v) is 3.56. The number of rotatable bonds is 7. The van der Waals surface area contributed by atoms with E-state index in [0.717, 1.165) is 41.3 Å². The third kappa shape index (κ3) is 4.11. The molecule has 1 heterocycles. The van der Waals surface area contributed by atoms with E-state index in [1.165, 1.54) is 16.7 Å². The van der Waals surface area contributed by atoms with Crippen LogP contribution in [0.25, 0.3) is 11.0 Å². The predicted molar refractivity (Wildman–Crippen MR) is 117 cm³/mol. The summed E-state index contributed by atoms with van der Waals surface area (Å²) in [4.78, 5) is 4.88. The third-order valence-corrected chi connectivity index (χ3v) is 5.38. The fourth-order valence-electron chi connectivity index (χ4n) is 3.56. The smallest absolute Gasteiger partial charge is 0.122 e. The van der Waals surface area contributed by atoms with Gasteiger partial charge in [0.1, 0.15) is 23.9 Å². The molecule has 0 N–H and O–H groups in total. The van der Waals surface area contributed by atoms with Gasteiger partial charge in [0, 0.05) is 6.42 Å². The highest BCUT2D eigenvalue weighted by atomic mass is 16.5. The van der Waals surface area contributed by atoms with Crippen molar-refractivity contribution in [2.75, 3.05) is 13.7 Å². The monoisotopic (exact) mass is 386 g/mol. The zero-order chi connectivity index (χ0) is 20.2. The maximum atomic E-state index is 6.11. The van der Waals surface area contributed by atoms with E-state index in [9.17, 15) is 0 Å². The number of methoxy groups -OCH3 is 1. The molecule has 29 heavy (non-hydrogen) atoms. The molecule has 0 fully saturated rings. The molecule has 1 aromatic heterocycles. The number of aryl methyl sites for hydroxylation is 1. The van der Waals surface area contributed by atoms with Crippen LogP contribution in [0.3, 0.4) is 0 Å². The summed E-state index contributed by atoms with van der Waals surface area (Å²) >= 11 is 0. The van der Waals surface area contributed by atoms with Crippen LogP contribution in [0.5, 0.6) is 11.5 Å². The van der Waals surface area contributed by atoms with E-state index >= 15 is 0 Å². The highest BCUT2D eigenvalue weighted by Crippen LogP contribution is 2.22. The van der Waals surface area contributed by atoms with Gasteiger partial charge in [0.25, 0.3) is 0 Å². The first-order valence-corrected chi connectivity index (χ1v) is 9.92. The SMILES string of the molecule is COc1ccc(Cc2nc3ccccc3n2CCOc2cccc(C)c2C)cc1. The Kier molecular flexibility index (Phi) is 5.52. The number of hydrogen-bond acceptors (Lipinski definition) is 3. The van der Waals surface area contributed by atoms with E-state index in [1.54, 1.807) is 7.11 Å². The molecule has 0 radical (unpaired) electrons. The maximum absolute atomic E-state index is 6.11. The maximum Gasteiger partial charge on any atom is 0.122 e. The normalized spacial score (nSPS) is 11.0. The summed E-state index contributed by atoms with van der Waals surface area (Å²) in [6.45, 7) is 5.56. The molecular weight excluding hydrogens is 360 g/mol. The zero-order valence-corrected chi connectivity index (χ0v) is 17.2. The molecule has 0 saturated heterocycles. The average Bonchev–Trinajstić information content (AvgIpc) is 3.09. The van der Waals surface area contributed by atoms with Crippen LogP contribution >= 0.6 is 0 Å². The van der Waals surface area contributed by atoms with Crippen molar-refractivity contribution in [2.45, 2.75) is 26.8 Å². The molecule has 0 spiro atoms. The molecule has 0 atom stereocenters. The molecule has 4 heteroatoms. The van der Waals surface area contributed by atoms with Crippen LogP contribution in [0.4, 0.5) is 0 Å².